The van der Waals surface area contributed by atoms with Crippen LogP contribution in [0, 0.1) is 0 Å². The third-order valence-electron chi connectivity index (χ3n) is 6.25. The molecule has 0 unspecified atom stereocenters. The van der Waals surface area contributed by atoms with Gasteiger partial charge in [0.2, 0.25) is 0 Å². The molecule has 1 aliphatic rings. The Kier molecular flexibility index (Phi) is 6.24. The number of Topliss-reactive ketones (excluding diaryl/α,β-unsaturated/α-hetero) is 1. The molecule has 0 fully saturated rings. The van der Waals surface area contributed by atoms with Crippen LogP contribution in [0.25, 0.3) is 0 Å². The van der Waals surface area contributed by atoms with Crippen molar-refractivity contribution in [1.29, 1.82) is 0 Å². The van der Waals surface area contributed by atoms with Crippen LogP contribution in [0.5, 0.6) is 0 Å². The van der Waals surface area contributed by atoms with Crippen LogP contribution in [0.1, 0.15) is 59.7 Å². The lowest BCUT2D eigenvalue weighted by atomic mass is 9.87. The van der Waals surface area contributed by atoms with Crippen molar-refractivity contribution in [3.63, 3.8) is 0 Å². The molecule has 0 bridgehead atoms. The number of amides is 1. The second-order valence-corrected chi connectivity index (χ2v) is 8.80. The van der Waals surface area contributed by atoms with E-state index in [4.69, 9.17) is 0 Å². The number of aryl methyl sites for hydroxylation is 1. The summed E-state index contributed by atoms with van der Waals surface area (Å²) in [5.41, 5.74) is 2.23. The Morgan fingerprint density at radius 2 is 1.59 bits per heavy atom. The summed E-state index contributed by atoms with van der Waals surface area (Å²) in [5, 5.41) is 11.5. The maximum absolute atomic E-state index is 13.4. The fraction of sp³-hybridized carbons (Fsp3) is 0.286. The summed E-state index contributed by atoms with van der Waals surface area (Å²) in [5.74, 6) is -0.285. The predicted molar refractivity (Wildman–Crippen MR) is 127 cm³/mol. The molecular weight excluding hydrogens is 398 g/mol. The number of carbonyl (C=O) groups is 2. The normalized spacial score (nSPS) is 17.6. The van der Waals surface area contributed by atoms with E-state index in [1.807, 2.05) is 42.5 Å². The Hall–Kier alpha value is -3.24. The number of rotatable bonds is 8. The monoisotopic (exact) mass is 427 g/mol. The fourth-order valence-corrected chi connectivity index (χ4v) is 4.37. The lowest BCUT2D eigenvalue weighted by molar-refractivity contribution is -0.135. The van der Waals surface area contributed by atoms with E-state index in [-0.39, 0.29) is 12.2 Å². The van der Waals surface area contributed by atoms with Gasteiger partial charge < -0.3 is 10.0 Å². The molecule has 32 heavy (non-hydrogen) atoms. The van der Waals surface area contributed by atoms with Gasteiger partial charge in [0.05, 0.1) is 12.1 Å². The first-order chi connectivity index (χ1) is 15.4. The molecule has 0 saturated heterocycles. The van der Waals surface area contributed by atoms with Crippen molar-refractivity contribution in [2.75, 3.05) is 11.4 Å². The molecule has 164 valence electrons. The van der Waals surface area contributed by atoms with E-state index in [1.54, 1.807) is 29.2 Å². The number of nitrogens with zero attached hydrogens (tertiary/aromatic N) is 1. The predicted octanol–water partition coefficient (Wildman–Crippen LogP) is 5.25. The van der Waals surface area contributed by atoms with Gasteiger partial charge >= 0.3 is 0 Å². The molecule has 1 atom stereocenters. The second kappa shape index (κ2) is 9.09. The average Bonchev–Trinajstić information content (AvgIpc) is 3.01. The first-order valence-corrected chi connectivity index (χ1v) is 11.2. The van der Waals surface area contributed by atoms with Crippen LogP contribution in [0.2, 0.25) is 0 Å². The quantitative estimate of drug-likeness (QED) is 0.500. The Labute approximate surface area is 189 Å². The molecular formula is C28H29NO3. The number of aliphatic hydroxyl groups is 1. The van der Waals surface area contributed by atoms with Gasteiger partial charge in [-0.1, -0.05) is 86.6 Å². The number of hydrogen-bond donors (Lipinski definition) is 1. The maximum atomic E-state index is 13.4. The van der Waals surface area contributed by atoms with Gasteiger partial charge in [0, 0.05) is 17.7 Å². The summed E-state index contributed by atoms with van der Waals surface area (Å²) in [6.45, 7) is 4.68. The molecule has 0 saturated carbocycles. The third kappa shape index (κ3) is 4.23. The van der Waals surface area contributed by atoms with Crippen molar-refractivity contribution < 1.29 is 14.7 Å². The minimum atomic E-state index is -1.84. The molecule has 1 N–H and O–H groups in total. The van der Waals surface area contributed by atoms with Gasteiger partial charge in [0.15, 0.2) is 11.4 Å². The maximum Gasteiger partial charge on any atom is 0.264 e. The van der Waals surface area contributed by atoms with E-state index in [2.05, 4.69) is 26.0 Å². The fourth-order valence-electron chi connectivity index (χ4n) is 4.37. The van der Waals surface area contributed by atoms with Gasteiger partial charge in [0.1, 0.15) is 0 Å². The number of ketones is 1. The summed E-state index contributed by atoms with van der Waals surface area (Å²) in [6.07, 6.45) is 1.34. The zero-order chi connectivity index (χ0) is 22.7. The molecule has 4 heteroatoms. The highest BCUT2D eigenvalue weighted by molar-refractivity contribution is 6.10. The first-order valence-electron chi connectivity index (χ1n) is 11.2. The van der Waals surface area contributed by atoms with Crippen LogP contribution < -0.4 is 4.90 Å². The van der Waals surface area contributed by atoms with Gasteiger partial charge in [-0.3, -0.25) is 9.59 Å². The molecule has 0 aromatic heterocycles. The Balaban J connectivity index is 1.52. The van der Waals surface area contributed by atoms with Crippen molar-refractivity contribution in [3.05, 3.63) is 101 Å². The van der Waals surface area contributed by atoms with Crippen molar-refractivity contribution in [3.8, 4) is 0 Å². The number of hydrogen-bond acceptors (Lipinski definition) is 3. The van der Waals surface area contributed by atoms with E-state index in [1.165, 1.54) is 5.56 Å². The molecule has 3 aromatic rings. The molecule has 4 nitrogen and oxygen atoms in total. The molecule has 0 radical (unpaired) electrons. The van der Waals surface area contributed by atoms with E-state index < -0.39 is 11.5 Å². The smallest absolute Gasteiger partial charge is 0.264 e. The van der Waals surface area contributed by atoms with Crippen molar-refractivity contribution in [1.82, 2.24) is 0 Å². The van der Waals surface area contributed by atoms with Crippen molar-refractivity contribution in [2.45, 2.75) is 44.6 Å². The highest BCUT2D eigenvalue weighted by Gasteiger charge is 2.50. The second-order valence-electron chi connectivity index (χ2n) is 8.80. The lowest BCUT2D eigenvalue weighted by Crippen LogP contribution is -2.42. The minimum Gasteiger partial charge on any atom is -0.375 e. The SMILES string of the molecule is CC(C)c1ccc(C(=O)C[C@]2(O)C(=O)N(CCCc3ccccc3)c3ccccc32)cc1. The highest BCUT2D eigenvalue weighted by atomic mass is 16.3. The van der Waals surface area contributed by atoms with Crippen molar-refractivity contribution in [2.24, 2.45) is 0 Å². The van der Waals surface area contributed by atoms with Crippen LogP contribution in [-0.2, 0) is 16.8 Å². The van der Waals surface area contributed by atoms with Crippen LogP contribution >= 0.6 is 0 Å². The van der Waals surface area contributed by atoms with E-state index in [0.29, 0.717) is 29.3 Å². The van der Waals surface area contributed by atoms with Gasteiger partial charge in [-0.05, 0) is 36.0 Å². The van der Waals surface area contributed by atoms with Crippen LogP contribution in [0.4, 0.5) is 5.69 Å². The molecule has 0 aliphatic carbocycles. The number of carbonyl (C=O) groups excluding carboxylic acids is 2. The van der Waals surface area contributed by atoms with E-state index in [0.717, 1.165) is 18.4 Å². The molecule has 3 aromatic carbocycles. The molecule has 1 heterocycles. The Morgan fingerprint density at radius 1 is 0.938 bits per heavy atom. The molecule has 1 amide bonds. The summed E-state index contributed by atoms with van der Waals surface area (Å²) in [7, 11) is 0. The van der Waals surface area contributed by atoms with Gasteiger partial charge in [-0.2, -0.15) is 0 Å². The number of anilines is 1. The molecule has 1 aliphatic heterocycles. The van der Waals surface area contributed by atoms with Crippen LogP contribution in [0.3, 0.4) is 0 Å². The molecule has 4 rings (SSSR count). The van der Waals surface area contributed by atoms with E-state index in [9.17, 15) is 14.7 Å². The topological polar surface area (TPSA) is 57.6 Å². The van der Waals surface area contributed by atoms with E-state index >= 15 is 0 Å². The summed E-state index contributed by atoms with van der Waals surface area (Å²) >= 11 is 0. The standard InChI is InChI=1S/C28H29NO3/c1-20(2)22-14-16-23(17-15-22)26(30)19-28(32)24-12-6-7-13-25(24)29(27(28)31)18-8-11-21-9-4-3-5-10-21/h3-7,9-10,12-17,20,32H,8,11,18-19H2,1-2H3/t28-/m1/s1. The Bertz CT molecular complexity index is 1110. The zero-order valence-corrected chi connectivity index (χ0v) is 18.6. The molecule has 0 spiro atoms. The number of benzene rings is 3. The summed E-state index contributed by atoms with van der Waals surface area (Å²) in [6, 6.07) is 24.8. The number of fused-ring (bicyclic) bond motifs is 1. The van der Waals surface area contributed by atoms with Crippen LogP contribution in [-0.4, -0.2) is 23.3 Å². The average molecular weight is 428 g/mol. The zero-order valence-electron chi connectivity index (χ0n) is 18.6. The van der Waals surface area contributed by atoms with Gasteiger partial charge in [-0.25, -0.2) is 0 Å². The van der Waals surface area contributed by atoms with Crippen molar-refractivity contribution >= 4 is 17.4 Å². The highest BCUT2D eigenvalue weighted by Crippen LogP contribution is 2.43. The largest absolute Gasteiger partial charge is 0.375 e. The minimum absolute atomic E-state index is 0.239. The lowest BCUT2D eigenvalue weighted by Gasteiger charge is -2.23. The Morgan fingerprint density at radius 3 is 2.28 bits per heavy atom. The first kappa shape index (κ1) is 22.0. The number of para-hydroxylation sites is 1. The van der Waals surface area contributed by atoms with Gasteiger partial charge in [-0.15, -0.1) is 0 Å². The van der Waals surface area contributed by atoms with Crippen LogP contribution in [0.15, 0.2) is 78.9 Å². The van der Waals surface area contributed by atoms with Gasteiger partial charge in [0.25, 0.3) is 5.91 Å². The third-order valence-corrected chi connectivity index (χ3v) is 6.25. The summed E-state index contributed by atoms with van der Waals surface area (Å²) in [4.78, 5) is 28.0. The summed E-state index contributed by atoms with van der Waals surface area (Å²) < 4.78 is 0.